The molecular formula is C15H20N4S. The second-order valence-electron chi connectivity index (χ2n) is 6.31. The molecule has 5 heteroatoms. The molecule has 1 aliphatic carbocycles. The first-order valence-electron chi connectivity index (χ1n) is 7.00. The molecule has 106 valence electrons. The van der Waals surface area contributed by atoms with Crippen LogP contribution in [-0.4, -0.2) is 22.0 Å². The van der Waals surface area contributed by atoms with Crippen LogP contribution in [0, 0.1) is 0 Å². The predicted octanol–water partition coefficient (Wildman–Crippen LogP) is 3.82. The lowest BCUT2D eigenvalue weighted by atomic mass is 9.98. The molecule has 2 heterocycles. The number of nitrogens with zero attached hydrogens (tertiary/aromatic N) is 3. The van der Waals surface area contributed by atoms with Crippen molar-refractivity contribution in [3.8, 4) is 11.5 Å². The lowest BCUT2D eigenvalue weighted by molar-refractivity contribution is 0.586. The monoisotopic (exact) mass is 288 g/mol. The minimum Gasteiger partial charge on any atom is -0.373 e. The standard InChI is InChI=1S/C15H20N4S/c1-15(2,3)14-18-11(8-20-14)13-17-10(9-5-6-9)7-12(16-4)19-13/h7-9H,5-6H2,1-4H3,(H,16,17,19). The normalized spacial score (nSPS) is 15.4. The van der Waals surface area contributed by atoms with Crippen LogP contribution in [0.25, 0.3) is 11.5 Å². The fraction of sp³-hybridized carbons (Fsp3) is 0.533. The van der Waals surface area contributed by atoms with E-state index in [1.165, 1.54) is 12.8 Å². The van der Waals surface area contributed by atoms with Gasteiger partial charge in [0.15, 0.2) is 5.82 Å². The summed E-state index contributed by atoms with van der Waals surface area (Å²) < 4.78 is 0. The van der Waals surface area contributed by atoms with Crippen LogP contribution >= 0.6 is 11.3 Å². The van der Waals surface area contributed by atoms with E-state index in [4.69, 9.17) is 9.97 Å². The van der Waals surface area contributed by atoms with Crippen molar-refractivity contribution in [1.29, 1.82) is 0 Å². The number of nitrogens with one attached hydrogen (secondary N) is 1. The van der Waals surface area contributed by atoms with Crippen LogP contribution in [-0.2, 0) is 5.41 Å². The van der Waals surface area contributed by atoms with Gasteiger partial charge in [0.05, 0.1) is 5.01 Å². The van der Waals surface area contributed by atoms with Gasteiger partial charge in [0.25, 0.3) is 0 Å². The molecule has 0 unspecified atom stereocenters. The maximum atomic E-state index is 4.71. The van der Waals surface area contributed by atoms with Crippen LogP contribution in [0.5, 0.6) is 0 Å². The number of rotatable bonds is 3. The fourth-order valence-corrected chi connectivity index (χ4v) is 2.90. The Hall–Kier alpha value is -1.49. The zero-order valence-electron chi connectivity index (χ0n) is 12.4. The van der Waals surface area contributed by atoms with Gasteiger partial charge in [-0.3, -0.25) is 0 Å². The van der Waals surface area contributed by atoms with Gasteiger partial charge in [-0.2, -0.15) is 0 Å². The molecular weight excluding hydrogens is 268 g/mol. The number of aromatic nitrogens is 3. The molecule has 4 nitrogen and oxygen atoms in total. The highest BCUT2D eigenvalue weighted by molar-refractivity contribution is 7.10. The smallest absolute Gasteiger partial charge is 0.181 e. The van der Waals surface area contributed by atoms with E-state index in [-0.39, 0.29) is 5.41 Å². The molecule has 1 fully saturated rings. The van der Waals surface area contributed by atoms with Gasteiger partial charge in [-0.15, -0.1) is 11.3 Å². The maximum absolute atomic E-state index is 4.71. The lowest BCUT2D eigenvalue weighted by Gasteiger charge is -2.13. The van der Waals surface area contributed by atoms with Gasteiger partial charge >= 0.3 is 0 Å². The van der Waals surface area contributed by atoms with E-state index in [1.54, 1.807) is 11.3 Å². The third-order valence-electron chi connectivity index (χ3n) is 3.37. The van der Waals surface area contributed by atoms with E-state index >= 15 is 0 Å². The molecule has 3 rings (SSSR count). The van der Waals surface area contributed by atoms with Gasteiger partial charge in [0.2, 0.25) is 0 Å². The molecule has 1 aliphatic rings. The Morgan fingerprint density at radius 2 is 1.95 bits per heavy atom. The van der Waals surface area contributed by atoms with Crippen molar-refractivity contribution in [1.82, 2.24) is 15.0 Å². The molecule has 0 radical (unpaired) electrons. The summed E-state index contributed by atoms with van der Waals surface area (Å²) in [6, 6.07) is 2.05. The summed E-state index contributed by atoms with van der Waals surface area (Å²) >= 11 is 1.68. The van der Waals surface area contributed by atoms with Gasteiger partial charge in [0, 0.05) is 35.5 Å². The number of anilines is 1. The summed E-state index contributed by atoms with van der Waals surface area (Å²) in [5.41, 5.74) is 2.10. The van der Waals surface area contributed by atoms with Crippen molar-refractivity contribution in [2.24, 2.45) is 0 Å². The van der Waals surface area contributed by atoms with E-state index in [0.717, 1.165) is 28.0 Å². The average Bonchev–Trinajstić information content (AvgIpc) is 3.13. The molecule has 0 bridgehead atoms. The molecule has 0 spiro atoms. The van der Waals surface area contributed by atoms with Crippen molar-refractivity contribution in [2.45, 2.75) is 44.9 Å². The van der Waals surface area contributed by atoms with E-state index < -0.39 is 0 Å². The van der Waals surface area contributed by atoms with Gasteiger partial charge in [-0.05, 0) is 12.8 Å². The first-order chi connectivity index (χ1) is 9.47. The summed E-state index contributed by atoms with van der Waals surface area (Å²) in [5.74, 6) is 2.23. The summed E-state index contributed by atoms with van der Waals surface area (Å²) in [6.07, 6.45) is 2.48. The summed E-state index contributed by atoms with van der Waals surface area (Å²) in [4.78, 5) is 14.0. The van der Waals surface area contributed by atoms with E-state index in [2.05, 4.69) is 42.5 Å². The Morgan fingerprint density at radius 3 is 2.50 bits per heavy atom. The lowest BCUT2D eigenvalue weighted by Crippen LogP contribution is -2.10. The van der Waals surface area contributed by atoms with E-state index in [9.17, 15) is 0 Å². The molecule has 2 aromatic rings. The van der Waals surface area contributed by atoms with Gasteiger partial charge in [0.1, 0.15) is 11.5 Å². The molecule has 1 saturated carbocycles. The molecule has 0 aliphatic heterocycles. The minimum absolute atomic E-state index is 0.0723. The molecule has 0 aromatic carbocycles. The predicted molar refractivity (Wildman–Crippen MR) is 83.4 cm³/mol. The quantitative estimate of drug-likeness (QED) is 0.933. The van der Waals surface area contributed by atoms with Crippen LogP contribution < -0.4 is 5.32 Å². The SMILES string of the molecule is CNc1cc(C2CC2)nc(-c2csc(C(C)(C)C)n2)n1. The van der Waals surface area contributed by atoms with Crippen LogP contribution in [0.15, 0.2) is 11.4 Å². The summed E-state index contributed by atoms with van der Waals surface area (Å²) in [6.45, 7) is 6.53. The summed E-state index contributed by atoms with van der Waals surface area (Å²) in [7, 11) is 1.89. The number of hydrogen-bond acceptors (Lipinski definition) is 5. The highest BCUT2D eigenvalue weighted by Gasteiger charge is 2.27. The second-order valence-corrected chi connectivity index (χ2v) is 7.17. The first kappa shape index (κ1) is 13.5. The molecule has 0 amide bonds. The van der Waals surface area contributed by atoms with Gasteiger partial charge < -0.3 is 5.32 Å². The molecule has 20 heavy (non-hydrogen) atoms. The maximum Gasteiger partial charge on any atom is 0.181 e. The Labute approximate surface area is 123 Å². The Bertz CT molecular complexity index is 623. The van der Waals surface area contributed by atoms with Crippen LogP contribution in [0.3, 0.4) is 0 Å². The fourth-order valence-electron chi connectivity index (χ4n) is 2.02. The van der Waals surface area contributed by atoms with E-state index in [1.807, 2.05) is 7.05 Å². The number of hydrogen-bond donors (Lipinski definition) is 1. The van der Waals surface area contributed by atoms with Crippen LogP contribution in [0.4, 0.5) is 5.82 Å². The highest BCUT2D eigenvalue weighted by atomic mass is 32.1. The van der Waals surface area contributed by atoms with Crippen molar-refractivity contribution in [2.75, 3.05) is 12.4 Å². The van der Waals surface area contributed by atoms with Gasteiger partial charge in [-0.1, -0.05) is 20.8 Å². The molecule has 1 N–H and O–H groups in total. The third-order valence-corrected chi connectivity index (χ3v) is 4.64. The van der Waals surface area contributed by atoms with Crippen LogP contribution in [0.2, 0.25) is 0 Å². The largest absolute Gasteiger partial charge is 0.373 e. The Balaban J connectivity index is 2.00. The van der Waals surface area contributed by atoms with Crippen molar-refractivity contribution in [3.63, 3.8) is 0 Å². The molecule has 0 atom stereocenters. The van der Waals surface area contributed by atoms with Crippen LogP contribution in [0.1, 0.15) is 50.2 Å². The second kappa shape index (κ2) is 4.81. The number of thiazole rings is 1. The molecule has 0 saturated heterocycles. The third kappa shape index (κ3) is 2.68. The zero-order chi connectivity index (χ0) is 14.3. The minimum atomic E-state index is 0.0723. The van der Waals surface area contributed by atoms with E-state index in [0.29, 0.717) is 5.92 Å². The van der Waals surface area contributed by atoms with Crippen molar-refractivity contribution in [3.05, 3.63) is 22.1 Å². The zero-order valence-corrected chi connectivity index (χ0v) is 13.2. The summed E-state index contributed by atoms with van der Waals surface area (Å²) in [5, 5.41) is 6.31. The highest BCUT2D eigenvalue weighted by Crippen LogP contribution is 2.40. The molecule has 2 aromatic heterocycles. The van der Waals surface area contributed by atoms with Crippen molar-refractivity contribution >= 4 is 17.2 Å². The Morgan fingerprint density at radius 1 is 1.20 bits per heavy atom. The Kier molecular flexibility index (Phi) is 3.24. The van der Waals surface area contributed by atoms with Crippen molar-refractivity contribution < 1.29 is 0 Å². The average molecular weight is 288 g/mol. The first-order valence-corrected chi connectivity index (χ1v) is 7.88. The topological polar surface area (TPSA) is 50.7 Å². The van der Waals surface area contributed by atoms with Gasteiger partial charge in [-0.25, -0.2) is 15.0 Å².